The van der Waals surface area contributed by atoms with Crippen molar-refractivity contribution in [2.24, 2.45) is 4.99 Å². The van der Waals surface area contributed by atoms with Crippen LogP contribution in [-0.4, -0.2) is 67.8 Å². The minimum Gasteiger partial charge on any atom is -0.381 e. The molecule has 2 N–H and O–H groups in total. The molecule has 0 amide bonds. The normalized spacial score (nSPS) is 23.0. The zero-order valence-electron chi connectivity index (χ0n) is 17.3. The third kappa shape index (κ3) is 6.06. The molecule has 3 rings (SSSR count). The number of hydrogen-bond acceptors (Lipinski definition) is 4. The quantitative estimate of drug-likeness (QED) is 0.541. The second kappa shape index (κ2) is 10.6. The first kappa shape index (κ1) is 22.3. The van der Waals surface area contributed by atoms with Gasteiger partial charge in [-0.1, -0.05) is 6.07 Å². The van der Waals surface area contributed by atoms with Crippen LogP contribution in [-0.2, 0) is 11.3 Å². The van der Waals surface area contributed by atoms with Crippen molar-refractivity contribution in [3.63, 3.8) is 0 Å². The summed E-state index contributed by atoms with van der Waals surface area (Å²) < 4.78 is 33.7. The standard InChI is InChI=1S/C21H32F2N4OS/c1-24-20(25-15-21(29-2)8-11-28-12-9-21)26-16-5-4-10-27(13-16)14-17-18(22)6-3-7-19(17)23/h3,6-7,16H,4-5,8-15H2,1-2H3,(H2,24,25,26). The molecule has 29 heavy (non-hydrogen) atoms. The Labute approximate surface area is 176 Å². The van der Waals surface area contributed by atoms with Gasteiger partial charge in [-0.2, -0.15) is 11.8 Å². The van der Waals surface area contributed by atoms with E-state index in [-0.39, 0.29) is 22.9 Å². The maximum Gasteiger partial charge on any atom is 0.191 e. The van der Waals surface area contributed by atoms with E-state index in [2.05, 4.69) is 26.8 Å². The van der Waals surface area contributed by atoms with Gasteiger partial charge in [-0.15, -0.1) is 0 Å². The minimum absolute atomic E-state index is 0.150. The van der Waals surface area contributed by atoms with Crippen LogP contribution in [0.1, 0.15) is 31.2 Å². The molecule has 8 heteroatoms. The maximum atomic E-state index is 14.0. The molecule has 1 aromatic carbocycles. The molecule has 1 unspecified atom stereocenters. The first-order valence-corrected chi connectivity index (χ1v) is 11.5. The summed E-state index contributed by atoms with van der Waals surface area (Å²) in [5.74, 6) is -0.165. The molecule has 0 aliphatic carbocycles. The molecule has 2 aliphatic heterocycles. The van der Waals surface area contributed by atoms with E-state index >= 15 is 0 Å². The Balaban J connectivity index is 1.53. The van der Waals surface area contributed by atoms with Gasteiger partial charge in [0.05, 0.1) is 0 Å². The summed E-state index contributed by atoms with van der Waals surface area (Å²) in [6.45, 7) is 4.31. The highest BCUT2D eigenvalue weighted by Crippen LogP contribution is 2.33. The van der Waals surface area contributed by atoms with Gasteiger partial charge in [0.25, 0.3) is 0 Å². The van der Waals surface area contributed by atoms with Crippen LogP contribution in [0.4, 0.5) is 8.78 Å². The lowest BCUT2D eigenvalue weighted by Gasteiger charge is -2.37. The van der Waals surface area contributed by atoms with Crippen molar-refractivity contribution in [1.82, 2.24) is 15.5 Å². The predicted octanol–water partition coefficient (Wildman–Crippen LogP) is 3.01. The number of hydrogen-bond donors (Lipinski definition) is 2. The van der Waals surface area contributed by atoms with Crippen LogP contribution < -0.4 is 10.6 Å². The molecule has 2 saturated heterocycles. The van der Waals surface area contributed by atoms with Gasteiger partial charge in [0.2, 0.25) is 0 Å². The van der Waals surface area contributed by atoms with E-state index in [9.17, 15) is 8.78 Å². The van der Waals surface area contributed by atoms with Crippen LogP contribution >= 0.6 is 11.8 Å². The number of guanidine groups is 1. The molecule has 5 nitrogen and oxygen atoms in total. The van der Waals surface area contributed by atoms with Crippen molar-refractivity contribution in [1.29, 1.82) is 0 Å². The number of benzene rings is 1. The van der Waals surface area contributed by atoms with Crippen LogP contribution in [0.15, 0.2) is 23.2 Å². The minimum atomic E-state index is -0.476. The van der Waals surface area contributed by atoms with Crippen LogP contribution in [0.2, 0.25) is 0 Å². The number of likely N-dealkylation sites (tertiary alicyclic amines) is 1. The van der Waals surface area contributed by atoms with E-state index in [0.717, 1.165) is 64.5 Å². The molecule has 0 bridgehead atoms. The Morgan fingerprint density at radius 2 is 2.03 bits per heavy atom. The van der Waals surface area contributed by atoms with Gasteiger partial charge in [0.15, 0.2) is 5.96 Å². The second-order valence-corrected chi connectivity index (χ2v) is 9.12. The van der Waals surface area contributed by atoms with Crippen LogP contribution in [0.25, 0.3) is 0 Å². The fraction of sp³-hybridized carbons (Fsp3) is 0.667. The zero-order chi connectivity index (χ0) is 20.7. The Morgan fingerprint density at radius 1 is 1.31 bits per heavy atom. The SMILES string of the molecule is CN=C(NCC1(SC)CCOCC1)NC1CCCN(Cc2c(F)cccc2F)C1. The highest BCUT2D eigenvalue weighted by molar-refractivity contribution is 8.00. The van der Waals surface area contributed by atoms with Crippen molar-refractivity contribution < 1.29 is 13.5 Å². The smallest absolute Gasteiger partial charge is 0.191 e. The van der Waals surface area contributed by atoms with Crippen molar-refractivity contribution >= 4 is 17.7 Å². The molecule has 2 heterocycles. The van der Waals surface area contributed by atoms with Crippen LogP contribution in [0.5, 0.6) is 0 Å². The van der Waals surface area contributed by atoms with Crippen molar-refractivity contribution in [2.45, 2.75) is 43.0 Å². The van der Waals surface area contributed by atoms with Crippen molar-refractivity contribution in [3.8, 4) is 0 Å². The van der Waals surface area contributed by atoms with Gasteiger partial charge in [-0.05, 0) is 50.6 Å². The van der Waals surface area contributed by atoms with E-state index in [0.29, 0.717) is 0 Å². The van der Waals surface area contributed by atoms with Crippen molar-refractivity contribution in [3.05, 3.63) is 35.4 Å². The molecule has 2 fully saturated rings. The van der Waals surface area contributed by atoms with Gasteiger partial charge in [0, 0.05) is 56.2 Å². The predicted molar refractivity (Wildman–Crippen MR) is 115 cm³/mol. The number of halogens is 2. The summed E-state index contributed by atoms with van der Waals surface area (Å²) in [6.07, 6.45) is 6.21. The molecule has 1 aromatic rings. The summed E-state index contributed by atoms with van der Waals surface area (Å²) in [5.41, 5.74) is 0.150. The lowest BCUT2D eigenvalue weighted by molar-refractivity contribution is 0.0782. The molecule has 0 spiro atoms. The highest BCUT2D eigenvalue weighted by atomic mass is 32.2. The Kier molecular flexibility index (Phi) is 8.15. The topological polar surface area (TPSA) is 48.9 Å². The molecule has 0 saturated carbocycles. The molecular weight excluding hydrogens is 394 g/mol. The Bertz CT molecular complexity index is 677. The third-order valence-corrected chi connectivity index (χ3v) is 7.35. The van der Waals surface area contributed by atoms with E-state index in [1.807, 2.05) is 11.8 Å². The average Bonchev–Trinajstić information content (AvgIpc) is 2.75. The van der Waals surface area contributed by atoms with E-state index in [4.69, 9.17) is 4.74 Å². The Morgan fingerprint density at radius 3 is 2.69 bits per heavy atom. The Hall–Kier alpha value is -1.38. The van der Waals surface area contributed by atoms with Gasteiger partial charge in [0.1, 0.15) is 11.6 Å². The number of nitrogens with one attached hydrogen (secondary N) is 2. The fourth-order valence-electron chi connectivity index (χ4n) is 4.05. The number of ether oxygens (including phenoxy) is 1. The summed E-state index contributed by atoms with van der Waals surface area (Å²) in [7, 11) is 1.78. The molecule has 1 atom stereocenters. The number of nitrogens with zero attached hydrogens (tertiary/aromatic N) is 2. The largest absolute Gasteiger partial charge is 0.381 e. The maximum absolute atomic E-state index is 14.0. The number of thioether (sulfide) groups is 1. The molecule has 162 valence electrons. The summed E-state index contributed by atoms with van der Waals surface area (Å²) in [4.78, 5) is 6.49. The second-order valence-electron chi connectivity index (χ2n) is 7.84. The van der Waals surface area contributed by atoms with Gasteiger partial charge < -0.3 is 15.4 Å². The molecule has 0 aromatic heterocycles. The number of rotatable bonds is 6. The third-order valence-electron chi connectivity index (χ3n) is 5.93. The first-order valence-electron chi connectivity index (χ1n) is 10.3. The fourth-order valence-corrected chi connectivity index (χ4v) is 4.84. The van der Waals surface area contributed by atoms with E-state index < -0.39 is 11.6 Å². The summed E-state index contributed by atoms with van der Waals surface area (Å²) >= 11 is 1.89. The number of piperidine rings is 1. The lowest BCUT2D eigenvalue weighted by Crippen LogP contribution is -2.53. The van der Waals surface area contributed by atoms with Crippen LogP contribution in [0, 0.1) is 11.6 Å². The summed E-state index contributed by atoms with van der Waals surface area (Å²) in [5, 5.41) is 6.99. The zero-order valence-corrected chi connectivity index (χ0v) is 18.2. The lowest BCUT2D eigenvalue weighted by atomic mass is 9.99. The monoisotopic (exact) mass is 426 g/mol. The summed E-state index contributed by atoms with van der Waals surface area (Å²) in [6, 6.07) is 4.25. The van der Waals surface area contributed by atoms with E-state index in [1.54, 1.807) is 7.05 Å². The highest BCUT2D eigenvalue weighted by Gasteiger charge is 2.32. The number of aliphatic imine (C=N–C) groups is 1. The van der Waals surface area contributed by atoms with Gasteiger partial charge in [-0.3, -0.25) is 9.89 Å². The van der Waals surface area contributed by atoms with Crippen LogP contribution in [0.3, 0.4) is 0 Å². The molecular formula is C21H32F2N4OS. The van der Waals surface area contributed by atoms with E-state index in [1.165, 1.54) is 18.2 Å². The average molecular weight is 427 g/mol. The molecule has 2 aliphatic rings. The first-order chi connectivity index (χ1) is 14.0. The van der Waals surface area contributed by atoms with Gasteiger partial charge >= 0.3 is 0 Å². The van der Waals surface area contributed by atoms with Crippen molar-refractivity contribution in [2.75, 3.05) is 46.2 Å². The molecule has 0 radical (unpaired) electrons. The van der Waals surface area contributed by atoms with Gasteiger partial charge in [-0.25, -0.2) is 8.78 Å².